The van der Waals surface area contributed by atoms with E-state index in [4.69, 9.17) is 4.74 Å². The van der Waals surface area contributed by atoms with Gasteiger partial charge in [-0.2, -0.15) is 0 Å². The highest BCUT2D eigenvalue weighted by molar-refractivity contribution is 5.78. The van der Waals surface area contributed by atoms with E-state index in [1.807, 2.05) is 0 Å². The lowest BCUT2D eigenvalue weighted by Gasteiger charge is -2.28. The highest BCUT2D eigenvalue weighted by Crippen LogP contribution is 2.16. The van der Waals surface area contributed by atoms with E-state index in [2.05, 4.69) is 17.6 Å². The van der Waals surface area contributed by atoms with Crippen molar-refractivity contribution in [3.8, 4) is 0 Å². The number of piperidine rings is 1. The quantitative estimate of drug-likeness (QED) is 0.771. The summed E-state index contributed by atoms with van der Waals surface area (Å²) in [5.74, 6) is 1.02. The van der Waals surface area contributed by atoms with Crippen LogP contribution in [0.3, 0.4) is 0 Å². The summed E-state index contributed by atoms with van der Waals surface area (Å²) in [6.45, 7) is 5.54. The van der Waals surface area contributed by atoms with Crippen LogP contribution in [0.2, 0.25) is 0 Å². The largest absolute Gasteiger partial charge is 0.381 e. The number of rotatable bonds is 3. The van der Waals surface area contributed by atoms with Gasteiger partial charge in [0.15, 0.2) is 0 Å². The van der Waals surface area contributed by atoms with Crippen molar-refractivity contribution in [3.63, 3.8) is 0 Å². The molecular formula is C13H24N2O2. The summed E-state index contributed by atoms with van der Waals surface area (Å²) >= 11 is 0. The first-order valence-electron chi connectivity index (χ1n) is 6.84. The van der Waals surface area contributed by atoms with Crippen LogP contribution in [0.5, 0.6) is 0 Å². The van der Waals surface area contributed by atoms with E-state index in [1.54, 1.807) is 0 Å². The van der Waals surface area contributed by atoms with Crippen molar-refractivity contribution in [1.29, 1.82) is 0 Å². The summed E-state index contributed by atoms with van der Waals surface area (Å²) in [5.41, 5.74) is 0. The molecule has 0 aliphatic carbocycles. The van der Waals surface area contributed by atoms with Gasteiger partial charge in [-0.1, -0.05) is 0 Å². The van der Waals surface area contributed by atoms with Gasteiger partial charge in [0.25, 0.3) is 0 Å². The Morgan fingerprint density at radius 3 is 2.71 bits per heavy atom. The molecule has 2 saturated heterocycles. The molecule has 17 heavy (non-hydrogen) atoms. The average molecular weight is 240 g/mol. The third-order valence-corrected chi connectivity index (χ3v) is 3.94. The van der Waals surface area contributed by atoms with Gasteiger partial charge in [0.2, 0.25) is 5.91 Å². The number of hydrogen-bond acceptors (Lipinski definition) is 3. The molecule has 0 spiro atoms. The molecule has 2 fully saturated rings. The van der Waals surface area contributed by atoms with E-state index >= 15 is 0 Å². The highest BCUT2D eigenvalue weighted by atomic mass is 16.5. The maximum Gasteiger partial charge on any atom is 0.224 e. The van der Waals surface area contributed by atoms with Crippen molar-refractivity contribution in [1.82, 2.24) is 10.6 Å². The maximum atomic E-state index is 12.0. The Kier molecular flexibility index (Phi) is 4.80. The summed E-state index contributed by atoms with van der Waals surface area (Å²) in [4.78, 5) is 12.0. The van der Waals surface area contributed by atoms with Crippen molar-refractivity contribution in [2.75, 3.05) is 26.3 Å². The van der Waals surface area contributed by atoms with Gasteiger partial charge in [0.05, 0.1) is 5.92 Å². The molecule has 0 aromatic rings. The van der Waals surface area contributed by atoms with E-state index in [-0.39, 0.29) is 11.8 Å². The predicted molar refractivity (Wildman–Crippen MR) is 66.7 cm³/mol. The van der Waals surface area contributed by atoms with Gasteiger partial charge in [0, 0.05) is 32.3 Å². The molecule has 2 aliphatic rings. The van der Waals surface area contributed by atoms with Crippen LogP contribution in [-0.2, 0) is 9.53 Å². The van der Waals surface area contributed by atoms with Crippen LogP contribution in [0.15, 0.2) is 0 Å². The minimum atomic E-state index is 0.172. The zero-order valence-electron chi connectivity index (χ0n) is 10.7. The lowest BCUT2D eigenvalue weighted by molar-refractivity contribution is -0.126. The van der Waals surface area contributed by atoms with Crippen LogP contribution in [0, 0.1) is 11.8 Å². The normalized spacial score (nSPS) is 31.1. The van der Waals surface area contributed by atoms with Crippen LogP contribution in [0.1, 0.15) is 32.6 Å². The molecule has 0 aromatic carbocycles. The fraction of sp³-hybridized carbons (Fsp3) is 0.923. The molecule has 98 valence electrons. The molecule has 1 amide bonds. The molecule has 4 heteroatoms. The van der Waals surface area contributed by atoms with E-state index in [0.29, 0.717) is 12.0 Å². The van der Waals surface area contributed by atoms with Gasteiger partial charge in [0.1, 0.15) is 0 Å². The molecule has 2 rings (SSSR count). The molecule has 2 aliphatic heterocycles. The first-order chi connectivity index (χ1) is 8.25. The Morgan fingerprint density at radius 1 is 1.29 bits per heavy atom. The third kappa shape index (κ3) is 3.96. The van der Waals surface area contributed by atoms with Gasteiger partial charge in [-0.3, -0.25) is 4.79 Å². The molecule has 2 atom stereocenters. The molecule has 4 nitrogen and oxygen atoms in total. The molecule has 0 aromatic heterocycles. The minimum absolute atomic E-state index is 0.172. The minimum Gasteiger partial charge on any atom is -0.381 e. The van der Waals surface area contributed by atoms with Crippen LogP contribution < -0.4 is 10.6 Å². The molecule has 0 bridgehead atoms. The summed E-state index contributed by atoms with van der Waals surface area (Å²) in [5, 5.41) is 6.47. The maximum absolute atomic E-state index is 12.0. The summed E-state index contributed by atoms with van der Waals surface area (Å²) in [6.07, 6.45) is 4.30. The van der Waals surface area contributed by atoms with Crippen molar-refractivity contribution < 1.29 is 9.53 Å². The average Bonchev–Trinajstić information content (AvgIpc) is 2.38. The SMILES string of the molecule is CC1CCC(C(=O)NCC2CCOCC2)CN1. The zero-order valence-corrected chi connectivity index (χ0v) is 10.7. The van der Waals surface area contributed by atoms with E-state index < -0.39 is 0 Å². The fourth-order valence-electron chi connectivity index (χ4n) is 2.56. The summed E-state index contributed by atoms with van der Waals surface area (Å²) < 4.78 is 5.31. The molecule has 2 unspecified atom stereocenters. The Balaban J connectivity index is 1.66. The number of nitrogens with one attached hydrogen (secondary N) is 2. The van der Waals surface area contributed by atoms with Crippen molar-refractivity contribution in [2.45, 2.75) is 38.6 Å². The van der Waals surface area contributed by atoms with Crippen molar-refractivity contribution in [3.05, 3.63) is 0 Å². The molecule has 0 saturated carbocycles. The Bertz CT molecular complexity index is 244. The van der Waals surface area contributed by atoms with Crippen LogP contribution in [0.25, 0.3) is 0 Å². The lowest BCUT2D eigenvalue weighted by atomic mass is 9.94. The van der Waals surface area contributed by atoms with Gasteiger partial charge < -0.3 is 15.4 Å². The second-order valence-electron chi connectivity index (χ2n) is 5.38. The Labute approximate surface area is 103 Å². The lowest BCUT2D eigenvalue weighted by Crippen LogP contribution is -2.45. The number of amides is 1. The van der Waals surface area contributed by atoms with E-state index in [0.717, 1.165) is 52.0 Å². The molecule has 2 heterocycles. The summed E-state index contributed by atoms with van der Waals surface area (Å²) in [6, 6.07) is 0.564. The second-order valence-corrected chi connectivity index (χ2v) is 5.38. The van der Waals surface area contributed by atoms with Crippen LogP contribution in [-0.4, -0.2) is 38.3 Å². The monoisotopic (exact) mass is 240 g/mol. The summed E-state index contributed by atoms with van der Waals surface area (Å²) in [7, 11) is 0. The van der Waals surface area contributed by atoms with E-state index in [1.165, 1.54) is 0 Å². The molecule has 0 radical (unpaired) electrons. The van der Waals surface area contributed by atoms with Crippen molar-refractivity contribution in [2.24, 2.45) is 11.8 Å². The van der Waals surface area contributed by atoms with Crippen LogP contribution >= 0.6 is 0 Å². The van der Waals surface area contributed by atoms with Gasteiger partial charge in [-0.05, 0) is 38.5 Å². The van der Waals surface area contributed by atoms with Crippen molar-refractivity contribution >= 4 is 5.91 Å². The second kappa shape index (κ2) is 6.36. The van der Waals surface area contributed by atoms with Gasteiger partial charge in [-0.15, -0.1) is 0 Å². The Morgan fingerprint density at radius 2 is 2.06 bits per heavy atom. The predicted octanol–water partition coefficient (Wildman–Crippen LogP) is 0.917. The van der Waals surface area contributed by atoms with Crippen LogP contribution in [0.4, 0.5) is 0 Å². The smallest absolute Gasteiger partial charge is 0.224 e. The van der Waals surface area contributed by atoms with E-state index in [9.17, 15) is 4.79 Å². The number of carbonyl (C=O) groups excluding carboxylic acids is 1. The standard InChI is InChI=1S/C13H24N2O2/c1-10-2-3-12(9-14-10)13(16)15-8-11-4-6-17-7-5-11/h10-12,14H,2-9H2,1H3,(H,15,16). The topological polar surface area (TPSA) is 50.4 Å². The zero-order chi connectivity index (χ0) is 12.1. The molecular weight excluding hydrogens is 216 g/mol. The fourth-order valence-corrected chi connectivity index (χ4v) is 2.56. The van der Waals surface area contributed by atoms with Gasteiger partial charge >= 0.3 is 0 Å². The Hall–Kier alpha value is -0.610. The third-order valence-electron chi connectivity index (χ3n) is 3.94. The highest BCUT2D eigenvalue weighted by Gasteiger charge is 2.24. The first-order valence-corrected chi connectivity index (χ1v) is 6.84. The van der Waals surface area contributed by atoms with Gasteiger partial charge in [-0.25, -0.2) is 0 Å². The number of ether oxygens (including phenoxy) is 1. The number of carbonyl (C=O) groups is 1. The molecule has 2 N–H and O–H groups in total. The first kappa shape index (κ1) is 12.8. The number of hydrogen-bond donors (Lipinski definition) is 2.